The van der Waals surface area contributed by atoms with Gasteiger partial charge in [0.2, 0.25) is 0 Å². The number of anilines is 1. The minimum atomic E-state index is -0.268. The van der Waals surface area contributed by atoms with Crippen molar-refractivity contribution >= 4 is 39.1 Å². The van der Waals surface area contributed by atoms with E-state index in [1.54, 1.807) is 46.7 Å². The van der Waals surface area contributed by atoms with Crippen molar-refractivity contribution in [2.45, 2.75) is 33.2 Å². The molecule has 0 aliphatic rings. The highest BCUT2D eigenvalue weighted by atomic mass is 32.1. The minimum absolute atomic E-state index is 0.148. The highest BCUT2D eigenvalue weighted by Gasteiger charge is 2.22. The van der Waals surface area contributed by atoms with E-state index in [1.165, 1.54) is 11.3 Å². The predicted octanol–water partition coefficient (Wildman–Crippen LogP) is 5.02. The Balaban J connectivity index is 1.52. The van der Waals surface area contributed by atoms with Crippen LogP contribution in [0.1, 0.15) is 58.8 Å². The smallest absolute Gasteiger partial charge is 0.258 e. The molecule has 0 aliphatic carbocycles. The molecule has 0 radical (unpaired) electrons. The lowest BCUT2D eigenvalue weighted by atomic mass is 10.0. The van der Waals surface area contributed by atoms with Crippen LogP contribution in [0.5, 0.6) is 0 Å². The Kier molecular flexibility index (Phi) is 6.88. The van der Waals surface area contributed by atoms with Gasteiger partial charge in [-0.05, 0) is 54.1 Å². The van der Waals surface area contributed by atoms with Gasteiger partial charge in [-0.2, -0.15) is 0 Å². The first-order valence-electron chi connectivity index (χ1n) is 11.1. The van der Waals surface area contributed by atoms with Gasteiger partial charge in [0, 0.05) is 12.1 Å². The van der Waals surface area contributed by atoms with Crippen LogP contribution in [0.15, 0.2) is 64.8 Å². The standard InChI is InChI=1S/C26H26N4O3S/c1-4-30(15-22-27-21-8-6-5-7-19(21)24(32)28-22)26(33)20-13-14-34-25(20)29-23(31)18-11-9-17(10-12-18)16(2)3/h5-14,16H,4,15H2,1-3H3,(H,29,31)(H,27,28,32). The van der Waals surface area contributed by atoms with Crippen molar-refractivity contribution in [2.24, 2.45) is 0 Å². The number of amides is 2. The van der Waals surface area contributed by atoms with E-state index in [2.05, 4.69) is 29.1 Å². The summed E-state index contributed by atoms with van der Waals surface area (Å²) in [5.41, 5.74) is 2.43. The van der Waals surface area contributed by atoms with Crippen molar-refractivity contribution in [3.05, 3.63) is 92.8 Å². The van der Waals surface area contributed by atoms with E-state index in [0.29, 0.717) is 45.3 Å². The summed E-state index contributed by atoms with van der Waals surface area (Å²) in [6, 6.07) is 16.2. The largest absolute Gasteiger partial charge is 0.331 e. The summed E-state index contributed by atoms with van der Waals surface area (Å²) in [5, 5.41) is 5.64. The van der Waals surface area contributed by atoms with Crippen LogP contribution in [-0.4, -0.2) is 33.2 Å². The van der Waals surface area contributed by atoms with E-state index in [0.717, 1.165) is 5.56 Å². The molecule has 2 aromatic heterocycles. The van der Waals surface area contributed by atoms with Gasteiger partial charge in [-0.25, -0.2) is 4.98 Å². The van der Waals surface area contributed by atoms with Crippen LogP contribution in [0.25, 0.3) is 10.9 Å². The van der Waals surface area contributed by atoms with Gasteiger partial charge in [-0.15, -0.1) is 11.3 Å². The maximum Gasteiger partial charge on any atom is 0.258 e. The van der Waals surface area contributed by atoms with Crippen molar-refractivity contribution in [2.75, 3.05) is 11.9 Å². The first-order valence-corrected chi connectivity index (χ1v) is 12.0. The number of thiophene rings is 1. The number of aromatic nitrogens is 2. The Morgan fingerprint density at radius 3 is 2.53 bits per heavy atom. The fourth-order valence-corrected chi connectivity index (χ4v) is 4.43. The van der Waals surface area contributed by atoms with Crippen LogP contribution in [0.2, 0.25) is 0 Å². The van der Waals surface area contributed by atoms with E-state index in [1.807, 2.05) is 25.1 Å². The van der Waals surface area contributed by atoms with E-state index in [4.69, 9.17) is 0 Å². The second-order valence-corrected chi connectivity index (χ2v) is 9.16. The highest BCUT2D eigenvalue weighted by Crippen LogP contribution is 2.26. The summed E-state index contributed by atoms with van der Waals surface area (Å²) in [6.07, 6.45) is 0. The minimum Gasteiger partial charge on any atom is -0.331 e. The molecule has 174 valence electrons. The SMILES string of the molecule is CCN(Cc1nc2ccccc2c(=O)[nH]1)C(=O)c1ccsc1NC(=O)c1ccc(C(C)C)cc1. The number of fused-ring (bicyclic) bond motifs is 1. The third-order valence-electron chi connectivity index (χ3n) is 5.63. The second kappa shape index (κ2) is 10.0. The molecule has 8 heteroatoms. The topological polar surface area (TPSA) is 95.2 Å². The van der Waals surface area contributed by atoms with Crippen molar-refractivity contribution in [3.8, 4) is 0 Å². The Morgan fingerprint density at radius 1 is 1.09 bits per heavy atom. The molecule has 0 aliphatic heterocycles. The van der Waals surface area contributed by atoms with Crippen LogP contribution in [0, 0.1) is 0 Å². The molecule has 2 amide bonds. The molecular weight excluding hydrogens is 448 g/mol. The number of nitrogens with one attached hydrogen (secondary N) is 2. The average molecular weight is 475 g/mol. The molecule has 0 saturated heterocycles. The number of hydrogen-bond donors (Lipinski definition) is 2. The molecule has 0 atom stereocenters. The monoisotopic (exact) mass is 474 g/mol. The number of H-pyrrole nitrogens is 1. The van der Waals surface area contributed by atoms with E-state index < -0.39 is 0 Å². The molecule has 0 bridgehead atoms. The van der Waals surface area contributed by atoms with Crippen LogP contribution < -0.4 is 10.9 Å². The van der Waals surface area contributed by atoms with Crippen LogP contribution >= 0.6 is 11.3 Å². The van der Waals surface area contributed by atoms with E-state index >= 15 is 0 Å². The van der Waals surface area contributed by atoms with Crippen LogP contribution in [0.4, 0.5) is 5.00 Å². The van der Waals surface area contributed by atoms with Gasteiger partial charge in [0.15, 0.2) is 0 Å². The predicted molar refractivity (Wildman–Crippen MR) is 136 cm³/mol. The summed E-state index contributed by atoms with van der Waals surface area (Å²) in [5.74, 6) is 0.274. The van der Waals surface area contributed by atoms with Gasteiger partial charge in [0.25, 0.3) is 17.4 Å². The van der Waals surface area contributed by atoms with Gasteiger partial charge in [-0.1, -0.05) is 38.1 Å². The number of aromatic amines is 1. The lowest BCUT2D eigenvalue weighted by molar-refractivity contribution is 0.0750. The van der Waals surface area contributed by atoms with Gasteiger partial charge in [0.1, 0.15) is 10.8 Å². The van der Waals surface area contributed by atoms with E-state index in [-0.39, 0.29) is 23.9 Å². The molecule has 0 fully saturated rings. The molecule has 7 nitrogen and oxygen atoms in total. The zero-order valence-electron chi connectivity index (χ0n) is 19.3. The van der Waals surface area contributed by atoms with Crippen LogP contribution in [-0.2, 0) is 6.54 Å². The first-order chi connectivity index (χ1) is 16.4. The third kappa shape index (κ3) is 4.92. The van der Waals surface area contributed by atoms with Gasteiger partial charge in [-0.3, -0.25) is 14.4 Å². The third-order valence-corrected chi connectivity index (χ3v) is 6.46. The van der Waals surface area contributed by atoms with Crippen molar-refractivity contribution in [1.82, 2.24) is 14.9 Å². The first kappa shape index (κ1) is 23.4. The second-order valence-electron chi connectivity index (χ2n) is 8.24. The summed E-state index contributed by atoms with van der Waals surface area (Å²) in [6.45, 7) is 6.62. The molecular formula is C26H26N4O3S. The lowest BCUT2D eigenvalue weighted by Gasteiger charge is -2.20. The summed E-state index contributed by atoms with van der Waals surface area (Å²) in [7, 11) is 0. The number of nitrogens with zero attached hydrogens (tertiary/aromatic N) is 2. The highest BCUT2D eigenvalue weighted by molar-refractivity contribution is 7.14. The molecule has 4 aromatic rings. The van der Waals surface area contributed by atoms with Crippen LogP contribution in [0.3, 0.4) is 0 Å². The average Bonchev–Trinajstić information content (AvgIpc) is 3.30. The van der Waals surface area contributed by atoms with Crippen molar-refractivity contribution in [1.29, 1.82) is 0 Å². The van der Waals surface area contributed by atoms with Gasteiger partial charge < -0.3 is 15.2 Å². The zero-order valence-corrected chi connectivity index (χ0v) is 20.1. The molecule has 0 spiro atoms. The van der Waals surface area contributed by atoms with Gasteiger partial charge >= 0.3 is 0 Å². The van der Waals surface area contributed by atoms with E-state index in [9.17, 15) is 14.4 Å². The summed E-state index contributed by atoms with van der Waals surface area (Å²) < 4.78 is 0. The maximum atomic E-state index is 13.3. The fourth-order valence-electron chi connectivity index (χ4n) is 3.66. The number of benzene rings is 2. The number of para-hydroxylation sites is 1. The zero-order chi connectivity index (χ0) is 24.2. The lowest BCUT2D eigenvalue weighted by Crippen LogP contribution is -2.32. The Labute approximate surface area is 201 Å². The van der Waals surface area contributed by atoms with Gasteiger partial charge in [0.05, 0.1) is 23.0 Å². The molecule has 2 N–H and O–H groups in total. The molecule has 0 saturated carbocycles. The maximum absolute atomic E-state index is 13.3. The Morgan fingerprint density at radius 2 is 1.82 bits per heavy atom. The quantitative estimate of drug-likeness (QED) is 0.393. The van der Waals surface area contributed by atoms with Crippen molar-refractivity contribution < 1.29 is 9.59 Å². The Hall–Kier alpha value is -3.78. The number of rotatable bonds is 7. The summed E-state index contributed by atoms with van der Waals surface area (Å²) >= 11 is 1.29. The number of hydrogen-bond acceptors (Lipinski definition) is 5. The molecule has 2 aromatic carbocycles. The summed E-state index contributed by atoms with van der Waals surface area (Å²) in [4.78, 5) is 47.3. The molecule has 34 heavy (non-hydrogen) atoms. The van der Waals surface area contributed by atoms with Crippen molar-refractivity contribution in [3.63, 3.8) is 0 Å². The fraction of sp³-hybridized carbons (Fsp3) is 0.231. The molecule has 2 heterocycles. The molecule has 4 rings (SSSR count). The number of carbonyl (C=O) groups excluding carboxylic acids is 2. The normalized spacial score (nSPS) is 11.1. The molecule has 0 unspecified atom stereocenters. The Bertz CT molecular complexity index is 1390. The number of carbonyl (C=O) groups is 2.